The van der Waals surface area contributed by atoms with Gasteiger partial charge in [0.25, 0.3) is 0 Å². The normalized spacial score (nSPS) is 34.8. The van der Waals surface area contributed by atoms with Gasteiger partial charge in [-0.05, 0) is 31.6 Å². The predicted octanol–water partition coefficient (Wildman–Crippen LogP) is 3.00. The molecule has 1 rings (SSSR count). The topological polar surface area (TPSA) is 0 Å². The third kappa shape index (κ3) is 1.35. The lowest BCUT2D eigenvalue weighted by Crippen LogP contribution is -2.00. The van der Waals surface area contributed by atoms with Crippen molar-refractivity contribution in [2.45, 2.75) is 33.6 Å². The zero-order valence-electron chi connectivity index (χ0n) is 6.65. The van der Waals surface area contributed by atoms with E-state index in [-0.39, 0.29) is 0 Å². The molecular weight excluding hydrogens is 108 g/mol. The van der Waals surface area contributed by atoms with Crippen LogP contribution in [0.5, 0.6) is 0 Å². The van der Waals surface area contributed by atoms with Crippen molar-refractivity contribution in [3.8, 4) is 0 Å². The van der Waals surface area contributed by atoms with Gasteiger partial charge in [0.05, 0.1) is 0 Å². The Morgan fingerprint density at radius 3 is 2.56 bits per heavy atom. The van der Waals surface area contributed by atoms with Crippen LogP contribution in [0.4, 0.5) is 0 Å². The van der Waals surface area contributed by atoms with Gasteiger partial charge >= 0.3 is 0 Å². The first kappa shape index (κ1) is 6.85. The van der Waals surface area contributed by atoms with E-state index >= 15 is 0 Å². The van der Waals surface area contributed by atoms with Crippen molar-refractivity contribution in [2.75, 3.05) is 0 Å². The number of allylic oxidation sites excluding steroid dienone is 2. The maximum absolute atomic E-state index is 2.44. The molecule has 0 fully saturated rings. The van der Waals surface area contributed by atoms with Crippen molar-refractivity contribution in [3.05, 3.63) is 11.6 Å². The average Bonchev–Trinajstić information content (AvgIpc) is 2.10. The van der Waals surface area contributed by atoms with Crippen LogP contribution in [0.15, 0.2) is 11.6 Å². The molecule has 0 nitrogen and oxygen atoms in total. The Bertz CT molecular complexity index is 122. The summed E-state index contributed by atoms with van der Waals surface area (Å²) in [5.74, 6) is 1.79. The molecule has 1 aliphatic rings. The standard InChI is InChI=1S/C9H16/c1-4-9-6-7(2)5-8(9)3/h6,8-9H,4-5H2,1-3H3/t8-,9-/m0/s1. The second-order valence-electron chi connectivity index (χ2n) is 3.27. The lowest BCUT2D eigenvalue weighted by atomic mass is 9.95. The molecule has 0 unspecified atom stereocenters. The van der Waals surface area contributed by atoms with Crippen LogP contribution in [0, 0.1) is 11.8 Å². The third-order valence-electron chi connectivity index (χ3n) is 2.34. The first-order chi connectivity index (χ1) is 4.24. The van der Waals surface area contributed by atoms with E-state index in [9.17, 15) is 0 Å². The van der Waals surface area contributed by atoms with Gasteiger partial charge in [0.2, 0.25) is 0 Å². The van der Waals surface area contributed by atoms with Crippen LogP contribution in [-0.4, -0.2) is 0 Å². The van der Waals surface area contributed by atoms with Gasteiger partial charge < -0.3 is 0 Å². The van der Waals surface area contributed by atoms with Crippen molar-refractivity contribution in [1.82, 2.24) is 0 Å². The van der Waals surface area contributed by atoms with Gasteiger partial charge in [0, 0.05) is 0 Å². The highest BCUT2D eigenvalue weighted by molar-refractivity contribution is 5.10. The number of rotatable bonds is 1. The molecule has 0 spiro atoms. The van der Waals surface area contributed by atoms with E-state index in [0.29, 0.717) is 0 Å². The van der Waals surface area contributed by atoms with Gasteiger partial charge in [-0.2, -0.15) is 0 Å². The summed E-state index contributed by atoms with van der Waals surface area (Å²) in [6.45, 7) is 6.86. The van der Waals surface area contributed by atoms with E-state index < -0.39 is 0 Å². The molecule has 0 amide bonds. The van der Waals surface area contributed by atoms with Crippen LogP contribution >= 0.6 is 0 Å². The summed E-state index contributed by atoms with van der Waals surface area (Å²) in [6.07, 6.45) is 5.08. The highest BCUT2D eigenvalue weighted by atomic mass is 14.2. The maximum Gasteiger partial charge on any atom is -0.0205 e. The summed E-state index contributed by atoms with van der Waals surface area (Å²) < 4.78 is 0. The Morgan fingerprint density at radius 1 is 1.67 bits per heavy atom. The molecule has 0 aromatic rings. The summed E-state index contributed by atoms with van der Waals surface area (Å²) in [5.41, 5.74) is 1.59. The van der Waals surface area contributed by atoms with Crippen LogP contribution in [-0.2, 0) is 0 Å². The minimum atomic E-state index is 0.880. The first-order valence-electron chi connectivity index (χ1n) is 3.91. The largest absolute Gasteiger partial charge is 0.0822 e. The Labute approximate surface area is 58.0 Å². The summed E-state index contributed by atoms with van der Waals surface area (Å²) in [4.78, 5) is 0. The van der Waals surface area contributed by atoms with E-state index in [4.69, 9.17) is 0 Å². The molecule has 0 saturated heterocycles. The Kier molecular flexibility index (Phi) is 1.94. The second-order valence-corrected chi connectivity index (χ2v) is 3.27. The van der Waals surface area contributed by atoms with Crippen LogP contribution in [0.2, 0.25) is 0 Å². The monoisotopic (exact) mass is 124 g/mol. The molecule has 0 aromatic carbocycles. The van der Waals surface area contributed by atoms with E-state index in [0.717, 1.165) is 11.8 Å². The molecule has 0 bridgehead atoms. The van der Waals surface area contributed by atoms with E-state index in [1.807, 2.05) is 0 Å². The fourth-order valence-corrected chi connectivity index (χ4v) is 1.78. The molecule has 9 heavy (non-hydrogen) atoms. The highest BCUT2D eigenvalue weighted by Crippen LogP contribution is 2.31. The Balaban J connectivity index is 2.53. The van der Waals surface area contributed by atoms with E-state index in [2.05, 4.69) is 26.8 Å². The second kappa shape index (κ2) is 2.55. The minimum Gasteiger partial charge on any atom is -0.0822 e. The third-order valence-corrected chi connectivity index (χ3v) is 2.34. The quantitative estimate of drug-likeness (QED) is 0.471. The average molecular weight is 124 g/mol. The zero-order chi connectivity index (χ0) is 6.85. The van der Waals surface area contributed by atoms with Crippen LogP contribution in [0.1, 0.15) is 33.6 Å². The van der Waals surface area contributed by atoms with Gasteiger partial charge in [-0.15, -0.1) is 0 Å². The molecule has 0 heteroatoms. The highest BCUT2D eigenvalue weighted by Gasteiger charge is 2.19. The summed E-state index contributed by atoms with van der Waals surface area (Å²) >= 11 is 0. The van der Waals surface area contributed by atoms with Crippen LogP contribution in [0.3, 0.4) is 0 Å². The molecule has 0 radical (unpaired) electrons. The van der Waals surface area contributed by atoms with Gasteiger partial charge in [0.1, 0.15) is 0 Å². The van der Waals surface area contributed by atoms with Gasteiger partial charge in [-0.1, -0.05) is 25.5 Å². The Hall–Kier alpha value is -0.260. The van der Waals surface area contributed by atoms with Crippen LogP contribution < -0.4 is 0 Å². The van der Waals surface area contributed by atoms with Gasteiger partial charge in [0.15, 0.2) is 0 Å². The molecule has 52 valence electrons. The molecule has 1 aliphatic carbocycles. The predicted molar refractivity (Wildman–Crippen MR) is 41.3 cm³/mol. The lowest BCUT2D eigenvalue weighted by Gasteiger charge is -2.09. The van der Waals surface area contributed by atoms with Crippen molar-refractivity contribution < 1.29 is 0 Å². The molecule has 0 heterocycles. The van der Waals surface area contributed by atoms with Gasteiger partial charge in [-0.25, -0.2) is 0 Å². The number of hydrogen-bond donors (Lipinski definition) is 0. The fourth-order valence-electron chi connectivity index (χ4n) is 1.78. The molecule has 0 aliphatic heterocycles. The molecule has 0 N–H and O–H groups in total. The van der Waals surface area contributed by atoms with Gasteiger partial charge in [-0.3, -0.25) is 0 Å². The van der Waals surface area contributed by atoms with Crippen molar-refractivity contribution in [2.24, 2.45) is 11.8 Å². The molecule has 0 aromatic heterocycles. The first-order valence-corrected chi connectivity index (χ1v) is 3.91. The summed E-state index contributed by atoms with van der Waals surface area (Å²) in [6, 6.07) is 0. The Morgan fingerprint density at radius 2 is 2.33 bits per heavy atom. The summed E-state index contributed by atoms with van der Waals surface area (Å²) in [7, 11) is 0. The van der Waals surface area contributed by atoms with Crippen molar-refractivity contribution >= 4 is 0 Å². The molecular formula is C9H16. The smallest absolute Gasteiger partial charge is 0.0205 e. The van der Waals surface area contributed by atoms with E-state index in [1.165, 1.54) is 12.8 Å². The van der Waals surface area contributed by atoms with Crippen molar-refractivity contribution in [1.29, 1.82) is 0 Å². The summed E-state index contributed by atoms with van der Waals surface area (Å²) in [5, 5.41) is 0. The van der Waals surface area contributed by atoms with Crippen molar-refractivity contribution in [3.63, 3.8) is 0 Å². The minimum absolute atomic E-state index is 0.880. The SMILES string of the molecule is CC[C@H]1C=C(C)C[C@@H]1C. The fraction of sp³-hybridized carbons (Fsp3) is 0.778. The van der Waals surface area contributed by atoms with E-state index in [1.54, 1.807) is 5.57 Å². The molecule has 0 saturated carbocycles. The maximum atomic E-state index is 2.44. The lowest BCUT2D eigenvalue weighted by molar-refractivity contribution is 0.448. The number of hydrogen-bond acceptors (Lipinski definition) is 0. The molecule has 2 atom stereocenters. The zero-order valence-corrected chi connectivity index (χ0v) is 6.65. The van der Waals surface area contributed by atoms with Crippen LogP contribution in [0.25, 0.3) is 0 Å².